The van der Waals surface area contributed by atoms with E-state index < -0.39 is 5.82 Å². The van der Waals surface area contributed by atoms with Crippen molar-refractivity contribution in [3.8, 4) is 0 Å². The molecule has 1 aromatic carbocycles. The van der Waals surface area contributed by atoms with E-state index in [0.29, 0.717) is 18.8 Å². The van der Waals surface area contributed by atoms with Gasteiger partial charge in [0.2, 0.25) is 0 Å². The van der Waals surface area contributed by atoms with Crippen molar-refractivity contribution < 1.29 is 13.9 Å². The predicted octanol–water partition coefficient (Wildman–Crippen LogP) is 1.66. The maximum absolute atomic E-state index is 13.2. The van der Waals surface area contributed by atoms with Crippen LogP contribution in [-0.2, 0) is 4.74 Å². The summed E-state index contributed by atoms with van der Waals surface area (Å²) in [5, 5.41) is 0. The zero-order valence-corrected chi connectivity index (χ0v) is 10.5. The second-order valence-electron chi connectivity index (χ2n) is 4.70. The van der Waals surface area contributed by atoms with Gasteiger partial charge in [0, 0.05) is 18.8 Å². The third-order valence-corrected chi connectivity index (χ3v) is 2.95. The molecular formula is C13H17FN2O2. The molecule has 0 aliphatic carbocycles. The van der Waals surface area contributed by atoms with E-state index in [2.05, 4.69) is 0 Å². The molecule has 0 radical (unpaired) electrons. The highest BCUT2D eigenvalue weighted by molar-refractivity contribution is 5.99. The van der Waals surface area contributed by atoms with Crippen LogP contribution in [0.3, 0.4) is 0 Å². The fourth-order valence-electron chi connectivity index (χ4n) is 2.23. The first-order chi connectivity index (χ1) is 8.47. The molecular weight excluding hydrogens is 235 g/mol. The third kappa shape index (κ3) is 2.61. The number of hydrogen-bond donors (Lipinski definition) is 1. The lowest BCUT2D eigenvalue weighted by molar-refractivity contribution is -0.0586. The highest BCUT2D eigenvalue weighted by atomic mass is 19.1. The Morgan fingerprint density at radius 2 is 2.00 bits per heavy atom. The molecule has 1 aliphatic rings. The third-order valence-electron chi connectivity index (χ3n) is 2.95. The van der Waals surface area contributed by atoms with Gasteiger partial charge in [0.25, 0.3) is 5.91 Å². The molecule has 2 N–H and O–H groups in total. The van der Waals surface area contributed by atoms with E-state index >= 15 is 0 Å². The van der Waals surface area contributed by atoms with Crippen molar-refractivity contribution in [1.82, 2.24) is 4.90 Å². The quantitative estimate of drug-likeness (QED) is 0.773. The number of hydrogen-bond acceptors (Lipinski definition) is 3. The summed E-state index contributed by atoms with van der Waals surface area (Å²) in [7, 11) is 0. The van der Waals surface area contributed by atoms with Crippen molar-refractivity contribution in [2.45, 2.75) is 26.1 Å². The number of nitrogen functional groups attached to an aromatic ring is 1. The van der Waals surface area contributed by atoms with E-state index in [1.807, 2.05) is 13.8 Å². The Bertz CT molecular complexity index is 454. The number of carbonyl (C=O) groups is 1. The highest BCUT2D eigenvalue weighted by Gasteiger charge is 2.27. The smallest absolute Gasteiger partial charge is 0.256 e. The summed E-state index contributed by atoms with van der Waals surface area (Å²) in [6, 6.07) is 3.84. The van der Waals surface area contributed by atoms with E-state index in [4.69, 9.17) is 10.5 Å². The molecule has 1 amide bonds. The van der Waals surface area contributed by atoms with E-state index in [1.54, 1.807) is 4.90 Å². The van der Waals surface area contributed by atoms with Crippen molar-refractivity contribution in [2.75, 3.05) is 18.8 Å². The topological polar surface area (TPSA) is 55.6 Å². The molecule has 1 aromatic rings. The molecule has 0 spiro atoms. The number of nitrogens with zero attached hydrogens (tertiary/aromatic N) is 1. The number of amides is 1. The summed E-state index contributed by atoms with van der Waals surface area (Å²) < 4.78 is 18.7. The predicted molar refractivity (Wildman–Crippen MR) is 66.7 cm³/mol. The van der Waals surface area contributed by atoms with Crippen LogP contribution < -0.4 is 5.73 Å². The van der Waals surface area contributed by atoms with Gasteiger partial charge in [-0.2, -0.15) is 0 Å². The Morgan fingerprint density at radius 1 is 1.39 bits per heavy atom. The summed E-state index contributed by atoms with van der Waals surface area (Å²) in [5.41, 5.74) is 6.24. The maximum atomic E-state index is 13.2. The first-order valence-corrected chi connectivity index (χ1v) is 5.97. The summed E-state index contributed by atoms with van der Waals surface area (Å²) >= 11 is 0. The van der Waals surface area contributed by atoms with Crippen LogP contribution in [0.5, 0.6) is 0 Å². The van der Waals surface area contributed by atoms with Crippen molar-refractivity contribution in [2.24, 2.45) is 0 Å². The molecule has 1 heterocycles. The normalized spacial score (nSPS) is 24.1. The minimum atomic E-state index is -0.457. The zero-order valence-electron chi connectivity index (χ0n) is 10.5. The van der Waals surface area contributed by atoms with Gasteiger partial charge in [-0.25, -0.2) is 4.39 Å². The molecule has 18 heavy (non-hydrogen) atoms. The number of benzene rings is 1. The molecule has 5 heteroatoms. The standard InChI is InChI=1S/C13H17FN2O2/c1-8-6-16(7-9(2)18-8)13(17)11-5-10(14)3-4-12(11)15/h3-5,8-9H,6-7,15H2,1-2H3/t8-,9+. The van der Waals surface area contributed by atoms with Gasteiger partial charge in [0.15, 0.2) is 0 Å². The SMILES string of the molecule is C[C@@H]1CN(C(=O)c2cc(F)ccc2N)C[C@H](C)O1. The molecule has 1 aliphatic heterocycles. The zero-order chi connectivity index (χ0) is 13.3. The first-order valence-electron chi connectivity index (χ1n) is 5.97. The average molecular weight is 252 g/mol. The van der Waals surface area contributed by atoms with Crippen LogP contribution in [0.4, 0.5) is 10.1 Å². The van der Waals surface area contributed by atoms with Crippen LogP contribution in [0.1, 0.15) is 24.2 Å². The lowest BCUT2D eigenvalue weighted by Crippen LogP contribution is -2.48. The van der Waals surface area contributed by atoms with Gasteiger partial charge in [0.1, 0.15) is 5.82 Å². The maximum Gasteiger partial charge on any atom is 0.256 e. The van der Waals surface area contributed by atoms with Gasteiger partial charge in [-0.05, 0) is 32.0 Å². The molecule has 1 fully saturated rings. The van der Waals surface area contributed by atoms with Crippen molar-refractivity contribution in [3.63, 3.8) is 0 Å². The molecule has 0 aromatic heterocycles. The van der Waals surface area contributed by atoms with E-state index in [0.717, 1.165) is 0 Å². The molecule has 98 valence electrons. The number of anilines is 1. The highest BCUT2D eigenvalue weighted by Crippen LogP contribution is 2.19. The van der Waals surface area contributed by atoms with Crippen LogP contribution >= 0.6 is 0 Å². The van der Waals surface area contributed by atoms with Gasteiger partial charge in [0.05, 0.1) is 17.8 Å². The van der Waals surface area contributed by atoms with Crippen molar-refractivity contribution >= 4 is 11.6 Å². The van der Waals surface area contributed by atoms with Gasteiger partial charge < -0.3 is 15.4 Å². The van der Waals surface area contributed by atoms with Crippen molar-refractivity contribution in [3.05, 3.63) is 29.6 Å². The largest absolute Gasteiger partial charge is 0.398 e. The Morgan fingerprint density at radius 3 is 2.61 bits per heavy atom. The number of morpholine rings is 1. The minimum Gasteiger partial charge on any atom is -0.398 e. The van der Waals surface area contributed by atoms with Gasteiger partial charge >= 0.3 is 0 Å². The van der Waals surface area contributed by atoms with E-state index in [-0.39, 0.29) is 23.7 Å². The number of halogens is 1. The lowest BCUT2D eigenvalue weighted by atomic mass is 10.1. The molecule has 4 nitrogen and oxygen atoms in total. The summed E-state index contributed by atoms with van der Waals surface area (Å²) in [5.74, 6) is -0.698. The molecule has 0 bridgehead atoms. The van der Waals surface area contributed by atoms with Gasteiger partial charge in [-0.15, -0.1) is 0 Å². The van der Waals surface area contributed by atoms with Crippen LogP contribution in [-0.4, -0.2) is 36.1 Å². The molecule has 2 rings (SSSR count). The number of ether oxygens (including phenoxy) is 1. The Labute approximate surface area is 106 Å². The Balaban J connectivity index is 2.22. The van der Waals surface area contributed by atoms with Crippen LogP contribution in [0.2, 0.25) is 0 Å². The average Bonchev–Trinajstić information content (AvgIpc) is 2.30. The fourth-order valence-corrected chi connectivity index (χ4v) is 2.23. The number of carbonyl (C=O) groups excluding carboxylic acids is 1. The summed E-state index contributed by atoms with van der Waals surface area (Å²) in [6.07, 6.45) is -0.0417. The van der Waals surface area contributed by atoms with Crippen LogP contribution in [0.25, 0.3) is 0 Å². The van der Waals surface area contributed by atoms with E-state index in [9.17, 15) is 9.18 Å². The Hall–Kier alpha value is -1.62. The fraction of sp³-hybridized carbons (Fsp3) is 0.462. The molecule has 0 unspecified atom stereocenters. The van der Waals surface area contributed by atoms with Crippen LogP contribution in [0, 0.1) is 5.82 Å². The van der Waals surface area contributed by atoms with Crippen LogP contribution in [0.15, 0.2) is 18.2 Å². The molecule has 1 saturated heterocycles. The molecule has 2 atom stereocenters. The monoisotopic (exact) mass is 252 g/mol. The second-order valence-corrected chi connectivity index (χ2v) is 4.70. The minimum absolute atomic E-state index is 0.0208. The van der Waals surface area contributed by atoms with Crippen molar-refractivity contribution in [1.29, 1.82) is 0 Å². The van der Waals surface area contributed by atoms with Gasteiger partial charge in [-0.3, -0.25) is 4.79 Å². The first kappa shape index (κ1) is 12.8. The number of nitrogens with two attached hydrogens (primary N) is 1. The van der Waals surface area contributed by atoms with Gasteiger partial charge in [-0.1, -0.05) is 0 Å². The van der Waals surface area contributed by atoms with E-state index in [1.165, 1.54) is 18.2 Å². The molecule has 0 saturated carbocycles. The lowest BCUT2D eigenvalue weighted by Gasteiger charge is -2.35. The summed E-state index contributed by atoms with van der Waals surface area (Å²) in [4.78, 5) is 13.9. The second kappa shape index (κ2) is 4.94. The summed E-state index contributed by atoms with van der Waals surface area (Å²) in [6.45, 7) is 4.81. The number of rotatable bonds is 1. The Kier molecular flexibility index (Phi) is 3.52.